The number of alkyl carbamates (subject to hydrolysis) is 1. The van der Waals surface area contributed by atoms with Gasteiger partial charge in [-0.05, 0) is 13.8 Å². The van der Waals surface area contributed by atoms with Gasteiger partial charge >= 0.3 is 6.09 Å². The largest absolute Gasteiger partial charge is 0.447 e. The number of rotatable bonds is 16. The Morgan fingerprint density at radius 1 is 0.739 bits per heavy atom. The zero-order valence-electron chi connectivity index (χ0n) is 14.5. The highest BCUT2D eigenvalue weighted by molar-refractivity contribution is 5.67. The van der Waals surface area contributed by atoms with Gasteiger partial charge in [0.1, 0.15) is 6.61 Å². The van der Waals surface area contributed by atoms with Gasteiger partial charge in [0, 0.05) is 13.2 Å². The molecule has 0 aromatic rings. The monoisotopic (exact) mass is 337 g/mol. The fraction of sp³-hybridized carbons (Fsp3) is 0.933. The van der Waals surface area contributed by atoms with Crippen molar-refractivity contribution < 1.29 is 33.2 Å². The maximum absolute atomic E-state index is 11.1. The molecule has 0 aliphatic heterocycles. The van der Waals surface area contributed by atoms with Crippen LogP contribution in [0.25, 0.3) is 0 Å². The maximum Gasteiger partial charge on any atom is 0.407 e. The second-order valence-electron chi connectivity index (χ2n) is 4.88. The minimum absolute atomic E-state index is 0.0657. The molecule has 8 heteroatoms. The second-order valence-corrected chi connectivity index (χ2v) is 4.88. The molecule has 0 saturated carbocycles. The van der Waals surface area contributed by atoms with Gasteiger partial charge in [0.15, 0.2) is 0 Å². The SMILES string of the molecule is COCCOCCOCCOCCOCCOC(=O)NC(C)C. The smallest absolute Gasteiger partial charge is 0.407 e. The average molecular weight is 337 g/mol. The molecule has 23 heavy (non-hydrogen) atoms. The van der Waals surface area contributed by atoms with Gasteiger partial charge in [-0.3, -0.25) is 0 Å². The van der Waals surface area contributed by atoms with Crippen LogP contribution in [-0.4, -0.2) is 85.3 Å². The Bertz CT molecular complexity index is 264. The van der Waals surface area contributed by atoms with Crippen LogP contribution in [0, 0.1) is 0 Å². The lowest BCUT2D eigenvalue weighted by molar-refractivity contribution is -0.0112. The van der Waals surface area contributed by atoms with Crippen molar-refractivity contribution in [1.82, 2.24) is 5.32 Å². The molecule has 0 aliphatic carbocycles. The van der Waals surface area contributed by atoms with Crippen molar-refractivity contribution >= 4 is 6.09 Å². The first kappa shape index (κ1) is 22.1. The first-order valence-electron chi connectivity index (χ1n) is 7.90. The van der Waals surface area contributed by atoms with E-state index in [0.717, 1.165) is 0 Å². The summed E-state index contributed by atoms with van der Waals surface area (Å²) in [4.78, 5) is 11.1. The van der Waals surface area contributed by atoms with Crippen LogP contribution in [0.3, 0.4) is 0 Å². The normalized spacial score (nSPS) is 11.0. The summed E-state index contributed by atoms with van der Waals surface area (Å²) in [5.74, 6) is 0. The summed E-state index contributed by atoms with van der Waals surface area (Å²) < 4.78 is 30.9. The Hall–Kier alpha value is -0.930. The number of hydrogen-bond acceptors (Lipinski definition) is 7. The molecular formula is C15H31NO7. The molecule has 0 rings (SSSR count). The van der Waals surface area contributed by atoms with Gasteiger partial charge in [-0.2, -0.15) is 0 Å². The van der Waals surface area contributed by atoms with Crippen molar-refractivity contribution in [3.05, 3.63) is 0 Å². The van der Waals surface area contributed by atoms with E-state index < -0.39 is 6.09 Å². The van der Waals surface area contributed by atoms with E-state index in [1.807, 2.05) is 13.8 Å². The van der Waals surface area contributed by atoms with Crippen LogP contribution in [0.1, 0.15) is 13.8 Å². The topological polar surface area (TPSA) is 84.5 Å². The number of carbonyl (C=O) groups excluding carboxylic acids is 1. The Morgan fingerprint density at radius 3 is 1.52 bits per heavy atom. The number of amides is 1. The van der Waals surface area contributed by atoms with Gasteiger partial charge in [0.25, 0.3) is 0 Å². The molecule has 1 amide bonds. The van der Waals surface area contributed by atoms with E-state index in [9.17, 15) is 4.79 Å². The third kappa shape index (κ3) is 19.0. The molecule has 0 atom stereocenters. The van der Waals surface area contributed by atoms with E-state index >= 15 is 0 Å². The van der Waals surface area contributed by atoms with Gasteiger partial charge < -0.3 is 33.7 Å². The molecule has 0 aromatic heterocycles. The van der Waals surface area contributed by atoms with Crippen molar-refractivity contribution in [1.29, 1.82) is 0 Å². The molecule has 138 valence electrons. The summed E-state index contributed by atoms with van der Waals surface area (Å²) in [5.41, 5.74) is 0. The Balaban J connectivity index is 3.06. The van der Waals surface area contributed by atoms with Crippen LogP contribution in [0.2, 0.25) is 0 Å². The summed E-state index contributed by atoms with van der Waals surface area (Å²) >= 11 is 0. The molecule has 0 bridgehead atoms. The maximum atomic E-state index is 11.1. The number of nitrogens with one attached hydrogen (secondary N) is 1. The molecule has 0 aromatic carbocycles. The molecule has 0 spiro atoms. The Kier molecular flexibility index (Phi) is 16.7. The van der Waals surface area contributed by atoms with Crippen molar-refractivity contribution in [3.8, 4) is 0 Å². The zero-order valence-corrected chi connectivity index (χ0v) is 14.5. The summed E-state index contributed by atoms with van der Waals surface area (Å²) in [6, 6.07) is 0.0657. The van der Waals surface area contributed by atoms with Gasteiger partial charge in [-0.15, -0.1) is 0 Å². The second kappa shape index (κ2) is 17.4. The standard InChI is InChI=1S/C15H31NO7/c1-14(2)16-15(17)23-13-12-22-11-10-21-9-8-20-7-6-19-5-4-18-3/h14H,4-13H2,1-3H3,(H,16,17). The van der Waals surface area contributed by atoms with E-state index in [4.69, 9.17) is 28.4 Å². The summed E-state index contributed by atoms with van der Waals surface area (Å²) in [6.45, 7) is 8.54. The van der Waals surface area contributed by atoms with Gasteiger partial charge in [0.2, 0.25) is 0 Å². The van der Waals surface area contributed by atoms with Crippen molar-refractivity contribution in [2.75, 3.05) is 73.2 Å². The van der Waals surface area contributed by atoms with Crippen molar-refractivity contribution in [2.24, 2.45) is 0 Å². The summed E-state index contributed by atoms with van der Waals surface area (Å²) in [6.07, 6.45) is -0.428. The first-order chi connectivity index (χ1) is 11.2. The molecule has 0 saturated heterocycles. The van der Waals surface area contributed by atoms with Gasteiger partial charge in [-0.25, -0.2) is 4.79 Å². The predicted octanol–water partition coefficient (Wildman–Crippen LogP) is 0.834. The third-order valence-electron chi connectivity index (χ3n) is 2.42. The van der Waals surface area contributed by atoms with E-state index in [-0.39, 0.29) is 12.6 Å². The number of hydrogen-bond donors (Lipinski definition) is 1. The van der Waals surface area contributed by atoms with Crippen LogP contribution >= 0.6 is 0 Å². The molecule has 0 aliphatic rings. The fourth-order valence-electron chi connectivity index (χ4n) is 1.37. The highest BCUT2D eigenvalue weighted by Crippen LogP contribution is 1.85. The zero-order chi connectivity index (χ0) is 17.2. The van der Waals surface area contributed by atoms with Crippen LogP contribution < -0.4 is 5.32 Å². The summed E-state index contributed by atoms with van der Waals surface area (Å²) in [5, 5.41) is 2.62. The van der Waals surface area contributed by atoms with Crippen LogP contribution in [0.15, 0.2) is 0 Å². The molecule has 0 heterocycles. The quantitative estimate of drug-likeness (QED) is 0.418. The minimum atomic E-state index is -0.428. The molecular weight excluding hydrogens is 306 g/mol. The third-order valence-corrected chi connectivity index (χ3v) is 2.42. The highest BCUT2D eigenvalue weighted by Gasteiger charge is 2.02. The van der Waals surface area contributed by atoms with E-state index in [0.29, 0.717) is 59.5 Å². The van der Waals surface area contributed by atoms with Crippen LogP contribution in [0.4, 0.5) is 4.79 Å². The van der Waals surface area contributed by atoms with Crippen LogP contribution in [0.5, 0.6) is 0 Å². The van der Waals surface area contributed by atoms with Gasteiger partial charge in [-0.1, -0.05) is 0 Å². The lowest BCUT2D eigenvalue weighted by Crippen LogP contribution is -2.31. The molecule has 0 fully saturated rings. The molecule has 0 radical (unpaired) electrons. The Morgan fingerprint density at radius 2 is 1.13 bits per heavy atom. The lowest BCUT2D eigenvalue weighted by Gasteiger charge is -2.10. The van der Waals surface area contributed by atoms with E-state index in [1.54, 1.807) is 7.11 Å². The number of ether oxygens (including phenoxy) is 6. The Labute approximate surface area is 138 Å². The molecule has 0 unspecified atom stereocenters. The first-order valence-corrected chi connectivity index (χ1v) is 7.90. The minimum Gasteiger partial charge on any atom is -0.447 e. The van der Waals surface area contributed by atoms with E-state index in [2.05, 4.69) is 5.32 Å². The predicted molar refractivity (Wildman–Crippen MR) is 84.8 cm³/mol. The average Bonchev–Trinajstić information content (AvgIpc) is 2.50. The van der Waals surface area contributed by atoms with E-state index in [1.165, 1.54) is 0 Å². The van der Waals surface area contributed by atoms with Gasteiger partial charge in [0.05, 0.1) is 59.5 Å². The van der Waals surface area contributed by atoms with Crippen molar-refractivity contribution in [3.63, 3.8) is 0 Å². The van der Waals surface area contributed by atoms with Crippen LogP contribution in [-0.2, 0) is 28.4 Å². The lowest BCUT2D eigenvalue weighted by atomic mass is 10.4. The number of methoxy groups -OCH3 is 1. The van der Waals surface area contributed by atoms with Crippen molar-refractivity contribution in [2.45, 2.75) is 19.9 Å². The fourth-order valence-corrected chi connectivity index (χ4v) is 1.37. The molecule has 1 N–H and O–H groups in total. The molecule has 8 nitrogen and oxygen atoms in total. The highest BCUT2D eigenvalue weighted by atomic mass is 16.6. The number of carbonyl (C=O) groups is 1. The summed E-state index contributed by atoms with van der Waals surface area (Å²) in [7, 11) is 1.64.